The molecule has 0 unspecified atom stereocenters. The van der Waals surface area contributed by atoms with E-state index in [9.17, 15) is 9.18 Å². The number of carbonyl (C=O) groups is 1. The Balaban J connectivity index is 2.16. The Morgan fingerprint density at radius 3 is 2.44 bits per heavy atom. The van der Waals surface area contributed by atoms with E-state index in [0.717, 1.165) is 4.90 Å². The number of benzene rings is 2. The van der Waals surface area contributed by atoms with Crippen molar-refractivity contribution < 1.29 is 9.18 Å². The normalized spacial score (nSPS) is 10.2. The fourth-order valence-corrected chi connectivity index (χ4v) is 1.79. The molecule has 1 amide bonds. The van der Waals surface area contributed by atoms with Gasteiger partial charge in [-0.3, -0.25) is 4.79 Å². The van der Waals surface area contributed by atoms with Crippen molar-refractivity contribution in [3.63, 3.8) is 0 Å². The third-order valence-corrected chi connectivity index (χ3v) is 3.25. The summed E-state index contributed by atoms with van der Waals surface area (Å²) in [7, 11) is 0. The maximum absolute atomic E-state index is 13.3. The number of amides is 1. The van der Waals surface area contributed by atoms with E-state index in [1.807, 2.05) is 0 Å². The Labute approximate surface area is 118 Å². The van der Waals surface area contributed by atoms with Crippen LogP contribution in [0.4, 0.5) is 10.1 Å². The van der Waals surface area contributed by atoms with Gasteiger partial charge in [-0.1, -0.05) is 0 Å². The second kappa shape index (κ2) is 5.54. The summed E-state index contributed by atoms with van der Waals surface area (Å²) in [5, 5.41) is 2.62. The van der Waals surface area contributed by atoms with Gasteiger partial charge in [-0.25, -0.2) is 4.39 Å². The summed E-state index contributed by atoms with van der Waals surface area (Å²) in [6, 6.07) is 11.2. The number of hydrogen-bond acceptors (Lipinski definition) is 2. The minimum Gasteiger partial charge on any atom is -0.322 e. The molecule has 0 fully saturated rings. The first kappa shape index (κ1) is 13.1. The highest BCUT2D eigenvalue weighted by Gasteiger charge is 2.07. The Morgan fingerprint density at radius 2 is 1.83 bits per heavy atom. The van der Waals surface area contributed by atoms with Gasteiger partial charge in [0.25, 0.3) is 5.91 Å². The predicted octanol–water partition coefficient (Wildman–Crippen LogP) is 4.13. The summed E-state index contributed by atoms with van der Waals surface area (Å²) in [4.78, 5) is 12.6. The minimum absolute atomic E-state index is 0.287. The Bertz CT molecular complexity index is 586. The lowest BCUT2D eigenvalue weighted by Gasteiger charge is -2.06. The number of hydrogen-bond donors (Lipinski definition) is 2. The lowest BCUT2D eigenvalue weighted by Crippen LogP contribution is -2.11. The fraction of sp³-hybridized carbons (Fsp3) is 0. The Hall–Kier alpha value is -1.33. The van der Waals surface area contributed by atoms with Gasteiger partial charge in [0, 0.05) is 16.1 Å². The highest BCUT2D eigenvalue weighted by atomic mass is 79.9. The van der Waals surface area contributed by atoms with E-state index < -0.39 is 5.82 Å². The molecule has 1 N–H and O–H groups in total. The zero-order valence-electron chi connectivity index (χ0n) is 9.15. The summed E-state index contributed by atoms with van der Waals surface area (Å²) in [6.07, 6.45) is 0. The zero-order chi connectivity index (χ0) is 13.1. The maximum Gasteiger partial charge on any atom is 0.255 e. The molecule has 0 heterocycles. The summed E-state index contributed by atoms with van der Waals surface area (Å²) in [5.74, 6) is -0.705. The van der Waals surface area contributed by atoms with Gasteiger partial charge in [-0.15, -0.1) is 12.6 Å². The van der Waals surface area contributed by atoms with Crippen molar-refractivity contribution in [1.82, 2.24) is 0 Å². The standard InChI is InChI=1S/C13H9BrFNOS/c14-11-6-3-9(7-12(11)15)16-13(17)8-1-4-10(18)5-2-8/h1-7,18H,(H,16,17). The molecule has 0 aliphatic heterocycles. The van der Waals surface area contributed by atoms with Gasteiger partial charge in [0.15, 0.2) is 0 Å². The zero-order valence-corrected chi connectivity index (χ0v) is 11.6. The molecule has 2 aromatic carbocycles. The van der Waals surface area contributed by atoms with Gasteiger partial charge < -0.3 is 5.32 Å². The molecule has 5 heteroatoms. The van der Waals surface area contributed by atoms with E-state index in [2.05, 4.69) is 33.9 Å². The van der Waals surface area contributed by atoms with E-state index in [4.69, 9.17) is 0 Å². The maximum atomic E-state index is 13.3. The number of carbonyl (C=O) groups excluding carboxylic acids is 1. The van der Waals surface area contributed by atoms with Crippen molar-refractivity contribution in [2.24, 2.45) is 0 Å². The fourth-order valence-electron chi connectivity index (χ4n) is 1.39. The van der Waals surface area contributed by atoms with E-state index >= 15 is 0 Å². The van der Waals surface area contributed by atoms with Gasteiger partial charge in [-0.2, -0.15) is 0 Å². The van der Waals surface area contributed by atoms with Crippen LogP contribution in [0.15, 0.2) is 51.8 Å². The average molecular weight is 326 g/mol. The third kappa shape index (κ3) is 3.11. The average Bonchev–Trinajstić information content (AvgIpc) is 2.34. The van der Waals surface area contributed by atoms with Crippen LogP contribution in [-0.2, 0) is 0 Å². The van der Waals surface area contributed by atoms with Crippen molar-refractivity contribution in [3.8, 4) is 0 Å². The number of halogens is 2. The van der Waals surface area contributed by atoms with Crippen molar-refractivity contribution in [2.45, 2.75) is 4.90 Å². The predicted molar refractivity (Wildman–Crippen MR) is 75.7 cm³/mol. The molecule has 0 radical (unpaired) electrons. The summed E-state index contributed by atoms with van der Waals surface area (Å²) < 4.78 is 13.6. The van der Waals surface area contributed by atoms with Crippen LogP contribution in [0.25, 0.3) is 0 Å². The SMILES string of the molecule is O=C(Nc1ccc(Br)c(F)c1)c1ccc(S)cc1. The highest BCUT2D eigenvalue weighted by molar-refractivity contribution is 9.10. The van der Waals surface area contributed by atoms with E-state index in [1.54, 1.807) is 36.4 Å². The molecule has 0 aliphatic carbocycles. The number of rotatable bonds is 2. The molecule has 0 saturated carbocycles. The second-order valence-corrected chi connectivity index (χ2v) is 5.00. The van der Waals surface area contributed by atoms with Crippen molar-refractivity contribution in [3.05, 3.63) is 58.3 Å². The lowest BCUT2D eigenvalue weighted by molar-refractivity contribution is 0.102. The lowest BCUT2D eigenvalue weighted by atomic mass is 10.2. The number of anilines is 1. The van der Waals surface area contributed by atoms with Crippen molar-refractivity contribution >= 4 is 40.2 Å². The van der Waals surface area contributed by atoms with Crippen LogP contribution in [-0.4, -0.2) is 5.91 Å². The minimum atomic E-state index is -0.418. The van der Waals surface area contributed by atoms with Gasteiger partial charge in [0.1, 0.15) is 5.82 Å². The first-order valence-corrected chi connectivity index (χ1v) is 6.36. The topological polar surface area (TPSA) is 29.1 Å². The smallest absolute Gasteiger partial charge is 0.255 e. The van der Waals surface area contributed by atoms with Gasteiger partial charge in [0.05, 0.1) is 4.47 Å². The van der Waals surface area contributed by atoms with Gasteiger partial charge in [0.2, 0.25) is 0 Å². The molecule has 0 saturated heterocycles. The third-order valence-electron chi connectivity index (χ3n) is 2.31. The van der Waals surface area contributed by atoms with Gasteiger partial charge >= 0.3 is 0 Å². The van der Waals surface area contributed by atoms with Crippen LogP contribution in [0.5, 0.6) is 0 Å². The van der Waals surface area contributed by atoms with E-state index in [-0.39, 0.29) is 5.91 Å². The molecule has 0 bridgehead atoms. The molecule has 0 aromatic heterocycles. The second-order valence-electron chi connectivity index (χ2n) is 3.63. The molecule has 18 heavy (non-hydrogen) atoms. The molecule has 0 spiro atoms. The summed E-state index contributed by atoms with van der Waals surface area (Å²) >= 11 is 7.19. The van der Waals surface area contributed by atoms with Crippen LogP contribution in [0, 0.1) is 5.82 Å². The molecule has 2 aromatic rings. The summed E-state index contributed by atoms with van der Waals surface area (Å²) in [5.41, 5.74) is 0.909. The molecular weight excluding hydrogens is 317 g/mol. The number of nitrogens with one attached hydrogen (secondary N) is 1. The van der Waals surface area contributed by atoms with Crippen molar-refractivity contribution in [2.75, 3.05) is 5.32 Å². The van der Waals surface area contributed by atoms with Crippen LogP contribution in [0.1, 0.15) is 10.4 Å². The Kier molecular flexibility index (Phi) is 4.04. The molecule has 0 atom stereocenters. The first-order chi connectivity index (χ1) is 8.56. The molecule has 92 valence electrons. The number of thiol groups is 1. The molecular formula is C13H9BrFNOS. The highest BCUT2D eigenvalue weighted by Crippen LogP contribution is 2.20. The van der Waals surface area contributed by atoms with E-state index in [1.165, 1.54) is 6.07 Å². The largest absolute Gasteiger partial charge is 0.322 e. The van der Waals surface area contributed by atoms with Crippen molar-refractivity contribution in [1.29, 1.82) is 0 Å². The Morgan fingerprint density at radius 1 is 1.17 bits per heavy atom. The van der Waals surface area contributed by atoms with Gasteiger partial charge in [-0.05, 0) is 58.4 Å². The van der Waals surface area contributed by atoms with Crippen LogP contribution in [0.2, 0.25) is 0 Å². The summed E-state index contributed by atoms with van der Waals surface area (Å²) in [6.45, 7) is 0. The van der Waals surface area contributed by atoms with E-state index in [0.29, 0.717) is 15.7 Å². The molecule has 0 aliphatic rings. The molecule has 2 nitrogen and oxygen atoms in total. The van der Waals surface area contributed by atoms with Crippen LogP contribution < -0.4 is 5.32 Å². The molecule has 2 rings (SSSR count). The van der Waals surface area contributed by atoms with Crippen LogP contribution in [0.3, 0.4) is 0 Å². The quantitative estimate of drug-likeness (QED) is 0.799. The first-order valence-electron chi connectivity index (χ1n) is 5.12. The monoisotopic (exact) mass is 325 g/mol. The van der Waals surface area contributed by atoms with Crippen LogP contribution >= 0.6 is 28.6 Å².